The van der Waals surface area contributed by atoms with Crippen molar-refractivity contribution in [1.29, 1.82) is 0 Å². The second-order valence-corrected chi connectivity index (χ2v) is 11.1. The van der Waals surface area contributed by atoms with Crippen LogP contribution in [0.25, 0.3) is 0 Å². The number of alkyl halides is 6. The van der Waals surface area contributed by atoms with Crippen molar-refractivity contribution >= 4 is 52.9 Å². The van der Waals surface area contributed by atoms with Crippen LogP contribution in [-0.4, -0.2) is 91.3 Å². The fourth-order valence-electron chi connectivity index (χ4n) is 4.59. The molecule has 3 heterocycles. The number of hydrogen-bond acceptors (Lipinski definition) is 9. The minimum absolute atomic E-state index is 0.211. The summed E-state index contributed by atoms with van der Waals surface area (Å²) in [5.74, 6) is -6.51. The summed E-state index contributed by atoms with van der Waals surface area (Å²) in [5, 5.41) is 23.9. The van der Waals surface area contributed by atoms with Crippen LogP contribution in [0.3, 0.4) is 0 Å². The van der Waals surface area contributed by atoms with E-state index < -0.39 is 47.7 Å². The Balaban J connectivity index is 0.000000543. The molecule has 278 valence electrons. The van der Waals surface area contributed by atoms with Crippen LogP contribution in [0, 0.1) is 0 Å². The molecule has 51 heavy (non-hydrogen) atoms. The van der Waals surface area contributed by atoms with E-state index in [1.807, 2.05) is 4.90 Å². The molecule has 0 spiro atoms. The second-order valence-electron chi connectivity index (χ2n) is 10.3. The molecule has 1 aromatic carbocycles. The van der Waals surface area contributed by atoms with Crippen LogP contribution in [0.1, 0.15) is 24.5 Å². The summed E-state index contributed by atoms with van der Waals surface area (Å²) in [6.45, 7) is 2.30. The third-order valence-electron chi connectivity index (χ3n) is 7.05. The van der Waals surface area contributed by atoms with E-state index in [9.17, 15) is 40.7 Å². The number of likely N-dealkylation sites (tertiary alicyclic amines) is 1. The van der Waals surface area contributed by atoms with Gasteiger partial charge in [-0.15, -0.1) is 0 Å². The highest BCUT2D eigenvalue weighted by Gasteiger charge is 2.53. The van der Waals surface area contributed by atoms with Crippen molar-refractivity contribution in [1.82, 2.24) is 20.3 Å². The van der Waals surface area contributed by atoms with Gasteiger partial charge in [-0.1, -0.05) is 41.4 Å². The molecular weight excluding hydrogens is 747 g/mol. The zero-order valence-corrected chi connectivity index (χ0v) is 27.3. The van der Waals surface area contributed by atoms with Crippen LogP contribution in [-0.2, 0) is 36.1 Å². The first-order valence-electron chi connectivity index (χ1n) is 13.9. The summed E-state index contributed by atoms with van der Waals surface area (Å²) in [4.78, 5) is 62.5. The van der Waals surface area contributed by atoms with E-state index >= 15 is 0 Å². The number of nitrogens with one attached hydrogen (secondary N) is 1. The maximum atomic E-state index is 13.9. The lowest BCUT2D eigenvalue weighted by atomic mass is 9.85. The number of carboxylic acid groups (broad SMARTS) is 2. The van der Waals surface area contributed by atoms with Gasteiger partial charge in [0.1, 0.15) is 34.2 Å². The molecule has 1 fully saturated rings. The van der Waals surface area contributed by atoms with E-state index in [1.54, 1.807) is 67.2 Å². The number of ether oxygens (including phenoxy) is 1. The molecule has 0 radical (unpaired) electrons. The smallest absolute Gasteiger partial charge is 0.489 e. The van der Waals surface area contributed by atoms with Gasteiger partial charge < -0.3 is 30.5 Å². The Bertz CT molecular complexity index is 1650. The van der Waals surface area contributed by atoms with Gasteiger partial charge in [-0.3, -0.25) is 19.6 Å². The number of hydroxylamine groups is 1. The zero-order chi connectivity index (χ0) is 38.9. The molecule has 14 nitrogen and oxygen atoms in total. The fraction of sp³-hybridized carbons (Fsp3) is 0.310. The van der Waals surface area contributed by atoms with E-state index in [0.29, 0.717) is 23.3 Å². The van der Waals surface area contributed by atoms with Crippen LogP contribution in [0.2, 0.25) is 10.3 Å². The molecule has 3 amide bonds. The molecule has 0 aliphatic carbocycles. The third kappa shape index (κ3) is 11.2. The molecular formula is C29H27Cl2F6N5O9. The van der Waals surface area contributed by atoms with Crippen LogP contribution in [0.5, 0.6) is 5.75 Å². The Morgan fingerprint density at radius 3 is 1.94 bits per heavy atom. The number of carboxylic acids is 2. The van der Waals surface area contributed by atoms with Crippen molar-refractivity contribution in [3.8, 4) is 5.75 Å². The summed E-state index contributed by atoms with van der Waals surface area (Å²) >= 11 is 11.9. The number of primary amides is 1. The number of carbonyl (C=O) groups excluding carboxylic acids is 3. The van der Waals surface area contributed by atoms with Crippen molar-refractivity contribution in [3.63, 3.8) is 0 Å². The first-order chi connectivity index (χ1) is 23.5. The van der Waals surface area contributed by atoms with Gasteiger partial charge in [-0.2, -0.15) is 26.3 Å². The number of aliphatic carboxylic acids is 2. The SMILES string of the molecule is C[C@H](C(=O)NO)N1CCC(c2ccc(OCc3cc(Cl)nc(Cl)c3)cc2)(N2C=CC(C(N)=O)=CC2)C1=O.O=C(O)C(F)(F)F.O=C(O)C(F)(F)F. The number of aromatic nitrogens is 1. The molecule has 1 aromatic heterocycles. The normalized spacial score (nSPS) is 17.6. The number of rotatable bonds is 8. The number of hydrogen-bond donors (Lipinski definition) is 5. The Morgan fingerprint density at radius 2 is 1.53 bits per heavy atom. The quantitative estimate of drug-likeness (QED) is 0.113. The highest BCUT2D eigenvalue weighted by molar-refractivity contribution is 6.32. The third-order valence-corrected chi connectivity index (χ3v) is 7.44. The standard InChI is InChI=1S/C25H25Cl2N5O5.2C2HF3O2/c1-15(23(34)30-36)32-11-8-25(24(32)35,31-9-6-17(7-10-31)22(28)33)18-2-4-19(5-3-18)37-14-16-12-20(26)29-21(27)13-16;2*3-2(4,5)1(6)7/h2-7,9,12-13,15,36H,8,10-11,14H2,1H3,(H2,28,33)(H,30,34);2*(H,6,7)/t15-,25?;;/m1../s1. The Morgan fingerprint density at radius 1 is 1.02 bits per heavy atom. The lowest BCUT2D eigenvalue weighted by Crippen LogP contribution is -2.53. The molecule has 0 bridgehead atoms. The number of nitrogens with two attached hydrogens (primary N) is 1. The summed E-state index contributed by atoms with van der Waals surface area (Å²) < 4.78 is 69.3. The second kappa shape index (κ2) is 17.2. The first-order valence-corrected chi connectivity index (χ1v) is 14.7. The van der Waals surface area contributed by atoms with E-state index in [4.69, 9.17) is 58.7 Å². The molecule has 1 saturated heterocycles. The molecule has 4 rings (SSSR count). The van der Waals surface area contributed by atoms with Crippen molar-refractivity contribution in [3.05, 3.63) is 81.8 Å². The minimum Gasteiger partial charge on any atom is -0.489 e. The lowest BCUT2D eigenvalue weighted by molar-refractivity contribution is -0.193. The van der Waals surface area contributed by atoms with Gasteiger partial charge in [-0.05, 0) is 48.4 Å². The molecule has 1 unspecified atom stereocenters. The topological polar surface area (TPSA) is 213 Å². The van der Waals surface area contributed by atoms with Gasteiger partial charge >= 0.3 is 24.3 Å². The van der Waals surface area contributed by atoms with Crippen molar-refractivity contribution < 1.29 is 70.5 Å². The maximum Gasteiger partial charge on any atom is 0.490 e. The number of benzene rings is 1. The maximum absolute atomic E-state index is 13.9. The first kappa shape index (κ1) is 42.1. The van der Waals surface area contributed by atoms with Gasteiger partial charge in [0.2, 0.25) is 5.91 Å². The van der Waals surface area contributed by atoms with Gasteiger partial charge in [0.25, 0.3) is 11.8 Å². The molecule has 22 heteroatoms. The average molecular weight is 774 g/mol. The average Bonchev–Trinajstić information content (AvgIpc) is 3.39. The van der Waals surface area contributed by atoms with Crippen LogP contribution >= 0.6 is 23.2 Å². The predicted octanol–water partition coefficient (Wildman–Crippen LogP) is 3.80. The summed E-state index contributed by atoms with van der Waals surface area (Å²) in [5.41, 5.74) is 7.64. The summed E-state index contributed by atoms with van der Waals surface area (Å²) in [6.07, 6.45) is -4.91. The fourth-order valence-corrected chi connectivity index (χ4v) is 5.09. The lowest BCUT2D eigenvalue weighted by Gasteiger charge is -2.40. The van der Waals surface area contributed by atoms with Gasteiger partial charge in [-0.25, -0.2) is 20.1 Å². The van der Waals surface area contributed by atoms with Crippen LogP contribution in [0.4, 0.5) is 26.3 Å². The molecule has 2 aliphatic heterocycles. The van der Waals surface area contributed by atoms with Gasteiger partial charge in [0.15, 0.2) is 0 Å². The van der Waals surface area contributed by atoms with E-state index in [1.165, 1.54) is 4.90 Å². The van der Waals surface area contributed by atoms with Crippen LogP contribution in [0.15, 0.2) is 60.3 Å². The highest BCUT2D eigenvalue weighted by atomic mass is 35.5. The zero-order valence-electron chi connectivity index (χ0n) is 25.8. The van der Waals surface area contributed by atoms with E-state index in [2.05, 4.69) is 4.98 Å². The van der Waals surface area contributed by atoms with E-state index in [-0.39, 0.29) is 35.9 Å². The molecule has 2 aromatic rings. The predicted molar refractivity (Wildman–Crippen MR) is 163 cm³/mol. The number of amides is 3. The van der Waals surface area contributed by atoms with E-state index in [0.717, 1.165) is 5.56 Å². The largest absolute Gasteiger partial charge is 0.490 e. The van der Waals surface area contributed by atoms with Crippen molar-refractivity contribution in [2.24, 2.45) is 5.73 Å². The Labute approximate surface area is 293 Å². The molecule has 2 aliphatic rings. The Kier molecular flexibility index (Phi) is 14.2. The molecule has 0 saturated carbocycles. The monoisotopic (exact) mass is 773 g/mol. The minimum atomic E-state index is -5.08. The highest BCUT2D eigenvalue weighted by Crippen LogP contribution is 2.42. The summed E-state index contributed by atoms with van der Waals surface area (Å²) in [7, 11) is 0. The number of nitrogens with zero attached hydrogens (tertiary/aromatic N) is 3. The van der Waals surface area contributed by atoms with Gasteiger partial charge in [0, 0.05) is 31.3 Å². The number of pyridine rings is 1. The molecule has 6 N–H and O–H groups in total. The van der Waals surface area contributed by atoms with Crippen molar-refractivity contribution in [2.45, 2.75) is 43.9 Å². The number of halogens is 8. The molecule has 2 atom stereocenters. The van der Waals surface area contributed by atoms with Gasteiger partial charge in [0.05, 0.1) is 0 Å². The number of carbonyl (C=O) groups is 5. The summed E-state index contributed by atoms with van der Waals surface area (Å²) in [6, 6.07) is 9.51. The Hall–Kier alpha value is -5.08. The van der Waals surface area contributed by atoms with Crippen LogP contribution < -0.4 is 16.0 Å². The van der Waals surface area contributed by atoms with Crippen molar-refractivity contribution in [2.75, 3.05) is 13.1 Å².